The summed E-state index contributed by atoms with van der Waals surface area (Å²) < 4.78 is 41.7. The Morgan fingerprint density at radius 1 is 1.09 bits per heavy atom. The minimum Gasteiger partial charge on any atom is -0.366 e. The van der Waals surface area contributed by atoms with E-state index in [0.29, 0.717) is 11.1 Å². The molecule has 1 aliphatic carbocycles. The third-order valence-electron chi connectivity index (χ3n) is 7.19. The summed E-state index contributed by atoms with van der Waals surface area (Å²) in [4.78, 5) is 51.4. The van der Waals surface area contributed by atoms with Gasteiger partial charge in [0.1, 0.15) is 11.9 Å². The molecule has 2 unspecified atom stereocenters. The molecule has 3 N–H and O–H groups in total. The van der Waals surface area contributed by atoms with Gasteiger partial charge in [0.2, 0.25) is 23.6 Å². The lowest BCUT2D eigenvalue weighted by Gasteiger charge is -2.46. The van der Waals surface area contributed by atoms with Crippen LogP contribution in [0.2, 0.25) is 0 Å². The third-order valence-corrected chi connectivity index (χ3v) is 7.19. The number of rotatable bonds is 5. The van der Waals surface area contributed by atoms with Crippen LogP contribution >= 0.6 is 0 Å². The van der Waals surface area contributed by atoms with Crippen LogP contribution in [0.4, 0.5) is 13.2 Å². The monoisotopic (exact) mass is 485 g/mol. The lowest BCUT2D eigenvalue weighted by molar-refractivity contribution is -0.139. The molecule has 7 nitrogen and oxygen atoms in total. The van der Waals surface area contributed by atoms with Crippen LogP contribution in [0, 0.1) is 11.7 Å². The number of amides is 4. The number of alkyl halides is 2. The van der Waals surface area contributed by atoms with Crippen molar-refractivity contribution >= 4 is 23.6 Å². The Hall–Kier alpha value is -3.69. The summed E-state index contributed by atoms with van der Waals surface area (Å²) in [7, 11) is 0. The molecule has 10 heteroatoms. The van der Waals surface area contributed by atoms with Crippen molar-refractivity contribution in [2.24, 2.45) is 11.7 Å². The Balaban J connectivity index is 1.67. The quantitative estimate of drug-likeness (QED) is 0.635. The van der Waals surface area contributed by atoms with Gasteiger partial charge in [-0.3, -0.25) is 24.5 Å². The highest BCUT2D eigenvalue weighted by Gasteiger charge is 2.55. The Morgan fingerprint density at radius 2 is 1.77 bits per heavy atom. The van der Waals surface area contributed by atoms with E-state index in [1.54, 1.807) is 0 Å². The molecule has 0 bridgehead atoms. The van der Waals surface area contributed by atoms with Gasteiger partial charge in [0.05, 0.1) is 6.04 Å². The topological polar surface area (TPSA) is 110 Å². The van der Waals surface area contributed by atoms with Gasteiger partial charge in [-0.05, 0) is 53.8 Å². The molecular weight excluding hydrogens is 463 g/mol. The molecule has 2 fully saturated rings. The van der Waals surface area contributed by atoms with E-state index < -0.39 is 72.1 Å². The Labute approximate surface area is 198 Å². The molecular formula is C25H22F3N3O4. The van der Waals surface area contributed by atoms with Crippen molar-refractivity contribution in [1.82, 2.24) is 10.2 Å². The van der Waals surface area contributed by atoms with E-state index in [2.05, 4.69) is 5.32 Å². The predicted octanol–water partition coefficient (Wildman–Crippen LogP) is 3.06. The second-order valence-electron chi connectivity index (χ2n) is 9.39. The number of nitrogens with one attached hydrogen (secondary N) is 1. The van der Waals surface area contributed by atoms with E-state index in [-0.39, 0.29) is 24.0 Å². The largest absolute Gasteiger partial charge is 0.366 e. The molecule has 0 aromatic heterocycles. The Bertz CT molecular complexity index is 1240. The SMILES string of the molecule is NC(=O)c1ccc2c(c1)[C@@H](C(c1ccc(F)cc1)C1CC(F)(F)C1)N(C1CCC(=O)NC1=O)C2=O. The van der Waals surface area contributed by atoms with Gasteiger partial charge in [0, 0.05) is 36.3 Å². The van der Waals surface area contributed by atoms with Crippen molar-refractivity contribution in [3.05, 3.63) is 70.5 Å². The molecule has 182 valence electrons. The van der Waals surface area contributed by atoms with Crippen LogP contribution in [0.25, 0.3) is 0 Å². The summed E-state index contributed by atoms with van der Waals surface area (Å²) in [6, 6.07) is 7.78. The molecule has 2 heterocycles. The van der Waals surface area contributed by atoms with Crippen LogP contribution in [0.1, 0.15) is 69.5 Å². The number of piperidine rings is 1. The maximum Gasteiger partial charge on any atom is 0.255 e. The van der Waals surface area contributed by atoms with Gasteiger partial charge in [-0.2, -0.15) is 0 Å². The second kappa shape index (κ2) is 8.21. The van der Waals surface area contributed by atoms with Crippen molar-refractivity contribution < 1.29 is 32.3 Å². The van der Waals surface area contributed by atoms with Crippen molar-refractivity contribution in [3.63, 3.8) is 0 Å². The van der Waals surface area contributed by atoms with Gasteiger partial charge in [0.15, 0.2) is 0 Å². The summed E-state index contributed by atoms with van der Waals surface area (Å²) in [6.45, 7) is 0. The van der Waals surface area contributed by atoms with E-state index >= 15 is 0 Å². The van der Waals surface area contributed by atoms with Gasteiger partial charge in [-0.25, -0.2) is 13.2 Å². The standard InChI is InChI=1S/C25H22F3N3O4/c26-15-4-1-12(2-5-15)20(14-10-25(27,28)11-14)21-17-9-13(22(29)33)3-6-16(17)24(35)31(21)18-7-8-19(32)30-23(18)34/h1-6,9,14,18,20-21H,7-8,10-11H2,(H2,29,33)(H,30,32,34)/t18?,20?,21-/m0/s1. The molecule has 3 atom stereocenters. The fraction of sp³-hybridized carbons (Fsp3) is 0.360. The van der Waals surface area contributed by atoms with E-state index in [4.69, 9.17) is 5.73 Å². The van der Waals surface area contributed by atoms with Gasteiger partial charge >= 0.3 is 0 Å². The van der Waals surface area contributed by atoms with Crippen LogP contribution in [-0.2, 0) is 9.59 Å². The van der Waals surface area contributed by atoms with Crippen LogP contribution < -0.4 is 11.1 Å². The number of halogens is 3. The average molecular weight is 485 g/mol. The molecule has 2 aromatic carbocycles. The molecule has 4 amide bonds. The van der Waals surface area contributed by atoms with Gasteiger partial charge in [-0.15, -0.1) is 0 Å². The van der Waals surface area contributed by atoms with Crippen molar-refractivity contribution in [2.45, 2.75) is 49.6 Å². The molecule has 0 spiro atoms. The first-order valence-corrected chi connectivity index (χ1v) is 11.3. The number of carbonyl (C=O) groups is 4. The normalized spacial score (nSPS) is 24.5. The first kappa shape index (κ1) is 23.1. The zero-order chi connectivity index (χ0) is 25.1. The minimum atomic E-state index is -2.87. The molecule has 2 aliphatic heterocycles. The number of nitrogens with two attached hydrogens (primary N) is 1. The van der Waals surface area contributed by atoms with E-state index in [1.165, 1.54) is 47.4 Å². The van der Waals surface area contributed by atoms with E-state index in [9.17, 15) is 32.3 Å². The molecule has 5 rings (SSSR count). The summed E-state index contributed by atoms with van der Waals surface area (Å²) in [5.41, 5.74) is 6.73. The highest BCUT2D eigenvalue weighted by atomic mass is 19.3. The maximum atomic E-state index is 14.0. The zero-order valence-electron chi connectivity index (χ0n) is 18.5. The fourth-order valence-electron chi connectivity index (χ4n) is 5.58. The smallest absolute Gasteiger partial charge is 0.255 e. The molecule has 2 aromatic rings. The zero-order valence-corrected chi connectivity index (χ0v) is 18.5. The van der Waals surface area contributed by atoms with Crippen LogP contribution in [0.3, 0.4) is 0 Å². The Morgan fingerprint density at radius 3 is 2.37 bits per heavy atom. The Kier molecular flexibility index (Phi) is 5.41. The number of fused-ring (bicyclic) bond motifs is 1. The fourth-order valence-corrected chi connectivity index (χ4v) is 5.58. The number of hydrogen-bond donors (Lipinski definition) is 2. The minimum absolute atomic E-state index is 0.0124. The number of primary amides is 1. The predicted molar refractivity (Wildman–Crippen MR) is 117 cm³/mol. The van der Waals surface area contributed by atoms with Crippen LogP contribution in [0.15, 0.2) is 42.5 Å². The molecule has 1 saturated heterocycles. The first-order chi connectivity index (χ1) is 16.6. The van der Waals surface area contributed by atoms with Crippen molar-refractivity contribution in [2.75, 3.05) is 0 Å². The third kappa shape index (κ3) is 3.96. The van der Waals surface area contributed by atoms with Gasteiger partial charge < -0.3 is 10.6 Å². The molecule has 0 radical (unpaired) electrons. The average Bonchev–Trinajstić information content (AvgIpc) is 3.06. The second-order valence-corrected chi connectivity index (χ2v) is 9.39. The van der Waals surface area contributed by atoms with Crippen LogP contribution in [-0.4, -0.2) is 40.5 Å². The summed E-state index contributed by atoms with van der Waals surface area (Å²) in [5, 5.41) is 2.24. The van der Waals surface area contributed by atoms with Gasteiger partial charge in [0.25, 0.3) is 5.91 Å². The molecule has 3 aliphatic rings. The number of nitrogens with zero attached hydrogens (tertiary/aromatic N) is 1. The number of benzene rings is 2. The highest BCUT2D eigenvalue weighted by molar-refractivity contribution is 6.06. The first-order valence-electron chi connectivity index (χ1n) is 11.3. The summed E-state index contributed by atoms with van der Waals surface area (Å²) in [5.74, 6) is -7.02. The summed E-state index contributed by atoms with van der Waals surface area (Å²) in [6.07, 6.45) is -0.791. The lowest BCUT2D eigenvalue weighted by atomic mass is 9.66. The summed E-state index contributed by atoms with van der Waals surface area (Å²) >= 11 is 0. The molecule has 35 heavy (non-hydrogen) atoms. The van der Waals surface area contributed by atoms with E-state index in [1.807, 2.05) is 0 Å². The van der Waals surface area contributed by atoms with Crippen molar-refractivity contribution in [3.8, 4) is 0 Å². The highest BCUT2D eigenvalue weighted by Crippen LogP contribution is 2.56. The lowest BCUT2D eigenvalue weighted by Crippen LogP contribution is -2.55. The van der Waals surface area contributed by atoms with E-state index in [0.717, 1.165) is 0 Å². The van der Waals surface area contributed by atoms with Gasteiger partial charge in [-0.1, -0.05) is 12.1 Å². The van der Waals surface area contributed by atoms with Crippen LogP contribution in [0.5, 0.6) is 0 Å². The van der Waals surface area contributed by atoms with Crippen molar-refractivity contribution in [1.29, 1.82) is 0 Å². The maximum absolute atomic E-state index is 14.0. The molecule has 1 saturated carbocycles. The number of imide groups is 1. The number of hydrogen-bond acceptors (Lipinski definition) is 4. The number of carbonyl (C=O) groups excluding carboxylic acids is 4.